The van der Waals surface area contributed by atoms with Crippen molar-refractivity contribution in [3.8, 4) is 0 Å². The van der Waals surface area contributed by atoms with E-state index in [4.69, 9.17) is 9.84 Å². The van der Waals surface area contributed by atoms with Crippen molar-refractivity contribution in [2.24, 2.45) is 0 Å². The van der Waals surface area contributed by atoms with Crippen molar-refractivity contribution in [1.82, 2.24) is 10.3 Å². The van der Waals surface area contributed by atoms with E-state index in [9.17, 15) is 0 Å². The molecule has 0 aliphatic carbocycles. The highest BCUT2D eigenvalue weighted by Crippen LogP contribution is 2.10. The van der Waals surface area contributed by atoms with Gasteiger partial charge in [0.1, 0.15) is 0 Å². The van der Waals surface area contributed by atoms with Gasteiger partial charge < -0.3 is 15.2 Å². The molecular formula is C12H20N2O2. The number of nitrogens with one attached hydrogen (secondary N) is 1. The Morgan fingerprint density at radius 1 is 1.50 bits per heavy atom. The Labute approximate surface area is 96.7 Å². The fourth-order valence-electron chi connectivity index (χ4n) is 1.64. The zero-order valence-electron chi connectivity index (χ0n) is 9.89. The predicted molar refractivity (Wildman–Crippen MR) is 63.2 cm³/mol. The topological polar surface area (TPSA) is 54.4 Å². The Morgan fingerprint density at radius 3 is 2.88 bits per heavy atom. The highest BCUT2D eigenvalue weighted by Gasteiger charge is 2.13. The normalized spacial score (nSPS) is 14.7. The molecule has 0 spiro atoms. The Hall–Kier alpha value is -0.970. The van der Waals surface area contributed by atoms with Crippen LogP contribution >= 0.6 is 0 Å². The second-order valence-corrected chi connectivity index (χ2v) is 3.81. The third-order valence-electron chi connectivity index (χ3n) is 2.46. The van der Waals surface area contributed by atoms with Gasteiger partial charge in [0.2, 0.25) is 0 Å². The van der Waals surface area contributed by atoms with Crippen molar-refractivity contribution < 1.29 is 9.84 Å². The smallest absolute Gasteiger partial charge is 0.0616 e. The van der Waals surface area contributed by atoms with Crippen molar-refractivity contribution >= 4 is 0 Å². The highest BCUT2D eigenvalue weighted by molar-refractivity contribution is 5.07. The number of aromatic nitrogens is 1. The second kappa shape index (κ2) is 7.33. The molecule has 4 nitrogen and oxygen atoms in total. The van der Waals surface area contributed by atoms with Crippen LogP contribution in [-0.4, -0.2) is 36.5 Å². The molecule has 1 heterocycles. The molecule has 1 aromatic heterocycles. The quantitative estimate of drug-likeness (QED) is 0.729. The van der Waals surface area contributed by atoms with Crippen LogP contribution in [0.25, 0.3) is 0 Å². The van der Waals surface area contributed by atoms with Gasteiger partial charge in [-0.3, -0.25) is 4.98 Å². The minimum absolute atomic E-state index is 0.159. The van der Waals surface area contributed by atoms with E-state index in [1.807, 2.05) is 18.2 Å². The third kappa shape index (κ3) is 4.26. The molecule has 0 saturated heterocycles. The standard InChI is InChI=1S/C12H20N2O2/c1-10(12-5-3-4-7-13-12)14-11(6-8-15)9-16-2/h3-5,7,10-11,14-15H,6,8-9H2,1-2H3. The van der Waals surface area contributed by atoms with Gasteiger partial charge >= 0.3 is 0 Å². The zero-order chi connectivity index (χ0) is 11.8. The molecule has 2 N–H and O–H groups in total. The van der Waals surface area contributed by atoms with Gasteiger partial charge in [-0.15, -0.1) is 0 Å². The average molecular weight is 224 g/mol. The summed E-state index contributed by atoms with van der Waals surface area (Å²) < 4.78 is 5.10. The maximum atomic E-state index is 8.94. The number of rotatable bonds is 7. The number of aliphatic hydroxyl groups excluding tert-OH is 1. The van der Waals surface area contributed by atoms with Crippen LogP contribution in [0.1, 0.15) is 25.1 Å². The molecule has 0 aromatic carbocycles. The summed E-state index contributed by atoms with van der Waals surface area (Å²) >= 11 is 0. The van der Waals surface area contributed by atoms with Crippen LogP contribution in [0.2, 0.25) is 0 Å². The van der Waals surface area contributed by atoms with Gasteiger partial charge in [0.15, 0.2) is 0 Å². The Bertz CT molecular complexity index is 274. The molecule has 0 aliphatic heterocycles. The van der Waals surface area contributed by atoms with Crippen molar-refractivity contribution in [3.05, 3.63) is 30.1 Å². The van der Waals surface area contributed by atoms with Gasteiger partial charge in [-0.2, -0.15) is 0 Å². The monoisotopic (exact) mass is 224 g/mol. The van der Waals surface area contributed by atoms with E-state index < -0.39 is 0 Å². The first-order chi connectivity index (χ1) is 7.77. The van der Waals surface area contributed by atoms with Gasteiger partial charge in [-0.25, -0.2) is 0 Å². The summed E-state index contributed by atoms with van der Waals surface area (Å²) in [6.07, 6.45) is 2.47. The SMILES string of the molecule is COCC(CCO)NC(C)c1ccccn1. The van der Waals surface area contributed by atoms with E-state index in [2.05, 4.69) is 17.2 Å². The number of ether oxygens (including phenoxy) is 1. The fraction of sp³-hybridized carbons (Fsp3) is 0.583. The van der Waals surface area contributed by atoms with E-state index in [-0.39, 0.29) is 18.7 Å². The van der Waals surface area contributed by atoms with Crippen LogP contribution in [0.5, 0.6) is 0 Å². The summed E-state index contributed by atoms with van der Waals surface area (Å²) in [5, 5.41) is 12.3. The molecule has 16 heavy (non-hydrogen) atoms. The molecule has 2 unspecified atom stereocenters. The van der Waals surface area contributed by atoms with Crippen LogP contribution < -0.4 is 5.32 Å². The lowest BCUT2D eigenvalue weighted by atomic mass is 10.1. The van der Waals surface area contributed by atoms with Gasteiger partial charge in [0.05, 0.1) is 12.3 Å². The molecule has 4 heteroatoms. The first kappa shape index (κ1) is 13.1. The second-order valence-electron chi connectivity index (χ2n) is 3.81. The van der Waals surface area contributed by atoms with E-state index in [1.165, 1.54) is 0 Å². The first-order valence-electron chi connectivity index (χ1n) is 5.54. The number of hydrogen-bond acceptors (Lipinski definition) is 4. The summed E-state index contributed by atoms with van der Waals surface area (Å²) in [5.74, 6) is 0. The van der Waals surface area contributed by atoms with Gasteiger partial charge in [-0.05, 0) is 25.5 Å². The van der Waals surface area contributed by atoms with Crippen molar-refractivity contribution in [1.29, 1.82) is 0 Å². The molecule has 1 rings (SSSR count). The maximum Gasteiger partial charge on any atom is 0.0616 e. The van der Waals surface area contributed by atoms with Crippen LogP contribution in [0.4, 0.5) is 0 Å². The predicted octanol–water partition coefficient (Wildman–Crippen LogP) is 1.13. The minimum Gasteiger partial charge on any atom is -0.396 e. The van der Waals surface area contributed by atoms with Crippen LogP contribution in [-0.2, 0) is 4.74 Å². The molecule has 0 bridgehead atoms. The van der Waals surface area contributed by atoms with E-state index in [0.717, 1.165) is 5.69 Å². The van der Waals surface area contributed by atoms with Crippen molar-refractivity contribution in [3.63, 3.8) is 0 Å². The lowest BCUT2D eigenvalue weighted by Gasteiger charge is -2.21. The minimum atomic E-state index is 0.159. The van der Waals surface area contributed by atoms with Crippen LogP contribution in [0.15, 0.2) is 24.4 Å². The van der Waals surface area contributed by atoms with Crippen molar-refractivity contribution in [2.45, 2.75) is 25.4 Å². The summed E-state index contributed by atoms with van der Waals surface area (Å²) in [7, 11) is 1.66. The number of hydrogen-bond donors (Lipinski definition) is 2. The zero-order valence-corrected chi connectivity index (χ0v) is 9.89. The number of nitrogens with zero attached hydrogens (tertiary/aromatic N) is 1. The van der Waals surface area contributed by atoms with E-state index in [1.54, 1.807) is 13.3 Å². The summed E-state index contributed by atoms with van der Waals surface area (Å²) in [6, 6.07) is 6.18. The first-order valence-corrected chi connectivity index (χ1v) is 5.54. The van der Waals surface area contributed by atoms with Gasteiger partial charge in [0.25, 0.3) is 0 Å². The molecular weight excluding hydrogens is 204 g/mol. The summed E-state index contributed by atoms with van der Waals surface area (Å²) in [5.41, 5.74) is 1.00. The lowest BCUT2D eigenvalue weighted by molar-refractivity contribution is 0.143. The maximum absolute atomic E-state index is 8.94. The summed E-state index contributed by atoms with van der Waals surface area (Å²) in [4.78, 5) is 4.29. The van der Waals surface area contributed by atoms with Crippen LogP contribution in [0.3, 0.4) is 0 Å². The molecule has 0 fully saturated rings. The largest absolute Gasteiger partial charge is 0.396 e. The molecule has 90 valence electrons. The van der Waals surface area contributed by atoms with Crippen molar-refractivity contribution in [2.75, 3.05) is 20.3 Å². The van der Waals surface area contributed by atoms with E-state index in [0.29, 0.717) is 13.0 Å². The number of aliphatic hydroxyl groups is 1. The molecule has 0 aliphatic rings. The van der Waals surface area contributed by atoms with Gasteiger partial charge in [-0.1, -0.05) is 6.07 Å². The third-order valence-corrected chi connectivity index (χ3v) is 2.46. The number of pyridine rings is 1. The molecule has 0 radical (unpaired) electrons. The molecule has 1 aromatic rings. The molecule has 0 amide bonds. The number of methoxy groups -OCH3 is 1. The Morgan fingerprint density at radius 2 is 2.31 bits per heavy atom. The van der Waals surface area contributed by atoms with Gasteiger partial charge in [0, 0.05) is 32.0 Å². The Balaban J connectivity index is 2.50. The highest BCUT2D eigenvalue weighted by atomic mass is 16.5. The summed E-state index contributed by atoms with van der Waals surface area (Å²) in [6.45, 7) is 2.82. The molecule has 2 atom stereocenters. The molecule has 0 saturated carbocycles. The fourth-order valence-corrected chi connectivity index (χ4v) is 1.64. The van der Waals surface area contributed by atoms with E-state index >= 15 is 0 Å². The Kier molecular flexibility index (Phi) is 6.00. The van der Waals surface area contributed by atoms with Crippen LogP contribution in [0, 0.1) is 0 Å². The lowest BCUT2D eigenvalue weighted by Crippen LogP contribution is -2.36. The average Bonchev–Trinajstić information content (AvgIpc) is 2.31.